The molecule has 0 saturated carbocycles. The average molecular weight is 303 g/mol. The lowest BCUT2D eigenvalue weighted by molar-refractivity contribution is -0.0438. The standard InChI is InChI=1S/C18H29N3O/c1-19(2)15-18(22)9-12-20(13-10-18)17-8-11-21(14-17)16-6-4-3-5-7-16/h3-7,17,22H,8-15H2,1-2H3/t17-/m0/s1. The largest absolute Gasteiger partial charge is 0.388 e. The zero-order chi connectivity index (χ0) is 15.6. The Morgan fingerprint density at radius 2 is 1.82 bits per heavy atom. The molecule has 0 spiro atoms. The van der Waals surface area contributed by atoms with Gasteiger partial charge in [-0.25, -0.2) is 0 Å². The molecule has 4 heteroatoms. The highest BCUT2D eigenvalue weighted by Gasteiger charge is 2.36. The van der Waals surface area contributed by atoms with Crippen LogP contribution in [-0.4, -0.2) is 73.4 Å². The molecule has 0 unspecified atom stereocenters. The van der Waals surface area contributed by atoms with Crippen molar-refractivity contribution in [3.05, 3.63) is 30.3 Å². The lowest BCUT2D eigenvalue weighted by atomic mass is 9.90. The van der Waals surface area contributed by atoms with Gasteiger partial charge in [0.05, 0.1) is 5.60 Å². The molecule has 122 valence electrons. The quantitative estimate of drug-likeness (QED) is 0.916. The van der Waals surface area contributed by atoms with E-state index in [1.165, 1.54) is 12.1 Å². The van der Waals surface area contributed by atoms with Crippen molar-refractivity contribution >= 4 is 5.69 Å². The van der Waals surface area contributed by atoms with Crippen LogP contribution in [0.5, 0.6) is 0 Å². The minimum Gasteiger partial charge on any atom is -0.388 e. The third-order valence-corrected chi connectivity index (χ3v) is 5.14. The molecule has 2 aliphatic heterocycles. The van der Waals surface area contributed by atoms with Gasteiger partial charge in [-0.3, -0.25) is 4.90 Å². The second-order valence-electron chi connectivity index (χ2n) is 7.22. The Balaban J connectivity index is 1.53. The molecule has 2 fully saturated rings. The summed E-state index contributed by atoms with van der Waals surface area (Å²) in [7, 11) is 4.08. The van der Waals surface area contributed by atoms with E-state index in [-0.39, 0.29) is 0 Å². The number of para-hydroxylation sites is 1. The van der Waals surface area contributed by atoms with Crippen LogP contribution in [0.1, 0.15) is 19.3 Å². The molecule has 1 N–H and O–H groups in total. The molecule has 1 aromatic carbocycles. The number of nitrogens with zero attached hydrogens (tertiary/aromatic N) is 3. The van der Waals surface area contributed by atoms with Crippen LogP contribution in [0.2, 0.25) is 0 Å². The van der Waals surface area contributed by atoms with Gasteiger partial charge in [0, 0.05) is 44.5 Å². The molecule has 2 aliphatic rings. The fraction of sp³-hybridized carbons (Fsp3) is 0.667. The molecule has 1 aromatic rings. The number of anilines is 1. The van der Waals surface area contributed by atoms with Gasteiger partial charge in [-0.05, 0) is 45.5 Å². The summed E-state index contributed by atoms with van der Waals surface area (Å²) < 4.78 is 0. The summed E-state index contributed by atoms with van der Waals surface area (Å²) in [6, 6.07) is 11.4. The predicted octanol–water partition coefficient (Wildman–Crippen LogP) is 1.65. The molecule has 2 saturated heterocycles. The van der Waals surface area contributed by atoms with Crippen molar-refractivity contribution in [3.63, 3.8) is 0 Å². The molecule has 0 aromatic heterocycles. The fourth-order valence-corrected chi connectivity index (χ4v) is 3.97. The Kier molecular flexibility index (Phi) is 4.71. The van der Waals surface area contributed by atoms with Crippen LogP contribution >= 0.6 is 0 Å². The number of hydrogen-bond acceptors (Lipinski definition) is 4. The number of benzene rings is 1. The highest BCUT2D eigenvalue weighted by atomic mass is 16.3. The molecule has 0 amide bonds. The van der Waals surface area contributed by atoms with Crippen molar-refractivity contribution in [2.75, 3.05) is 51.7 Å². The third kappa shape index (κ3) is 3.62. The molecule has 22 heavy (non-hydrogen) atoms. The van der Waals surface area contributed by atoms with Gasteiger partial charge in [0.15, 0.2) is 0 Å². The topological polar surface area (TPSA) is 30.0 Å². The molecule has 3 rings (SSSR count). The normalized spacial score (nSPS) is 25.8. The van der Waals surface area contributed by atoms with Crippen molar-refractivity contribution in [3.8, 4) is 0 Å². The Morgan fingerprint density at radius 1 is 1.14 bits per heavy atom. The average Bonchev–Trinajstić information content (AvgIpc) is 2.97. The lowest BCUT2D eigenvalue weighted by Crippen LogP contribution is -2.52. The number of hydrogen-bond donors (Lipinski definition) is 1. The van der Waals surface area contributed by atoms with Crippen molar-refractivity contribution in [2.24, 2.45) is 0 Å². The molecular formula is C18H29N3O. The van der Waals surface area contributed by atoms with Gasteiger partial charge in [0.2, 0.25) is 0 Å². The Morgan fingerprint density at radius 3 is 2.45 bits per heavy atom. The summed E-state index contributed by atoms with van der Waals surface area (Å²) in [6.45, 7) is 5.10. The van der Waals surface area contributed by atoms with Crippen LogP contribution in [0.3, 0.4) is 0 Å². The summed E-state index contributed by atoms with van der Waals surface area (Å²) in [5.41, 5.74) is 0.851. The van der Waals surface area contributed by atoms with E-state index in [0.29, 0.717) is 6.04 Å². The Labute approximate surface area is 134 Å². The summed E-state index contributed by atoms with van der Waals surface area (Å²) in [6.07, 6.45) is 3.03. The summed E-state index contributed by atoms with van der Waals surface area (Å²) >= 11 is 0. The second-order valence-corrected chi connectivity index (χ2v) is 7.22. The van der Waals surface area contributed by atoms with Gasteiger partial charge in [0.1, 0.15) is 0 Å². The van der Waals surface area contributed by atoms with Crippen LogP contribution in [0.4, 0.5) is 5.69 Å². The van der Waals surface area contributed by atoms with Crippen molar-refractivity contribution < 1.29 is 5.11 Å². The number of likely N-dealkylation sites (N-methyl/N-ethyl adjacent to an activating group) is 1. The Bertz CT molecular complexity index is 468. The van der Waals surface area contributed by atoms with Crippen LogP contribution < -0.4 is 4.90 Å². The summed E-state index contributed by atoms with van der Waals surface area (Å²) in [5, 5.41) is 10.7. The van der Waals surface area contributed by atoms with Crippen molar-refractivity contribution in [1.29, 1.82) is 0 Å². The number of aliphatic hydroxyl groups is 1. The maximum absolute atomic E-state index is 10.7. The fourth-order valence-electron chi connectivity index (χ4n) is 3.97. The number of likely N-dealkylation sites (tertiary alicyclic amines) is 1. The summed E-state index contributed by atoms with van der Waals surface area (Å²) in [4.78, 5) is 7.18. The van der Waals surface area contributed by atoms with E-state index in [2.05, 4.69) is 45.0 Å². The zero-order valence-corrected chi connectivity index (χ0v) is 13.9. The molecule has 0 radical (unpaired) electrons. The number of rotatable bonds is 4. The minimum atomic E-state index is -0.488. The molecule has 2 heterocycles. The van der Waals surface area contributed by atoms with E-state index in [1.807, 2.05) is 14.1 Å². The van der Waals surface area contributed by atoms with Gasteiger partial charge in [-0.1, -0.05) is 18.2 Å². The lowest BCUT2D eigenvalue weighted by Gasteiger charge is -2.41. The first-order valence-corrected chi connectivity index (χ1v) is 8.47. The van der Waals surface area contributed by atoms with E-state index in [4.69, 9.17) is 0 Å². The first-order chi connectivity index (χ1) is 10.6. The van der Waals surface area contributed by atoms with E-state index < -0.39 is 5.60 Å². The first kappa shape index (κ1) is 15.8. The van der Waals surface area contributed by atoms with Gasteiger partial charge in [-0.15, -0.1) is 0 Å². The summed E-state index contributed by atoms with van der Waals surface area (Å²) in [5.74, 6) is 0. The van der Waals surface area contributed by atoms with E-state index >= 15 is 0 Å². The van der Waals surface area contributed by atoms with Gasteiger partial charge in [0.25, 0.3) is 0 Å². The molecule has 4 nitrogen and oxygen atoms in total. The predicted molar refractivity (Wildman–Crippen MR) is 91.4 cm³/mol. The van der Waals surface area contributed by atoms with Crippen LogP contribution in [0, 0.1) is 0 Å². The van der Waals surface area contributed by atoms with Crippen LogP contribution in [0.25, 0.3) is 0 Å². The SMILES string of the molecule is CN(C)CC1(O)CCN([C@H]2CCN(c3ccccc3)C2)CC1. The maximum atomic E-state index is 10.7. The van der Waals surface area contributed by atoms with Gasteiger partial charge >= 0.3 is 0 Å². The molecule has 0 aliphatic carbocycles. The zero-order valence-electron chi connectivity index (χ0n) is 13.9. The smallest absolute Gasteiger partial charge is 0.0798 e. The van der Waals surface area contributed by atoms with E-state index in [0.717, 1.165) is 45.6 Å². The molecular weight excluding hydrogens is 274 g/mol. The van der Waals surface area contributed by atoms with Crippen molar-refractivity contribution in [1.82, 2.24) is 9.80 Å². The first-order valence-electron chi connectivity index (χ1n) is 8.47. The van der Waals surface area contributed by atoms with E-state index in [9.17, 15) is 5.11 Å². The van der Waals surface area contributed by atoms with Gasteiger partial charge < -0.3 is 14.9 Å². The molecule has 1 atom stereocenters. The minimum absolute atomic E-state index is 0.488. The highest BCUT2D eigenvalue weighted by Crippen LogP contribution is 2.28. The van der Waals surface area contributed by atoms with Gasteiger partial charge in [-0.2, -0.15) is 0 Å². The Hall–Kier alpha value is -1.10. The van der Waals surface area contributed by atoms with E-state index in [1.54, 1.807) is 0 Å². The number of piperidine rings is 1. The monoisotopic (exact) mass is 303 g/mol. The van der Waals surface area contributed by atoms with Crippen LogP contribution in [0.15, 0.2) is 30.3 Å². The molecule has 0 bridgehead atoms. The van der Waals surface area contributed by atoms with Crippen molar-refractivity contribution in [2.45, 2.75) is 30.9 Å². The highest BCUT2D eigenvalue weighted by molar-refractivity contribution is 5.47. The maximum Gasteiger partial charge on any atom is 0.0798 e. The third-order valence-electron chi connectivity index (χ3n) is 5.14. The second kappa shape index (κ2) is 6.57. The van der Waals surface area contributed by atoms with Crippen LogP contribution in [-0.2, 0) is 0 Å².